The molecule has 0 radical (unpaired) electrons. The van der Waals surface area contributed by atoms with Gasteiger partial charge in [-0.05, 0) is 26.7 Å². The molecule has 3 nitrogen and oxygen atoms in total. The minimum absolute atomic E-state index is 0.0134. The molecule has 0 atom stereocenters. The fraction of sp³-hybridized carbons (Fsp3) is 0.467. The zero-order valence-corrected chi connectivity index (χ0v) is 11.5. The molecule has 0 saturated carbocycles. The molecule has 18 heavy (non-hydrogen) atoms. The molecule has 1 rings (SSSR count). The van der Waals surface area contributed by atoms with Crippen molar-refractivity contribution in [2.75, 3.05) is 13.2 Å². The van der Waals surface area contributed by atoms with Gasteiger partial charge in [-0.2, -0.15) is 0 Å². The summed E-state index contributed by atoms with van der Waals surface area (Å²) >= 11 is 0. The maximum Gasteiger partial charge on any atom is 0.141 e. The average Bonchev–Trinajstić information content (AvgIpc) is 2.38. The van der Waals surface area contributed by atoms with Gasteiger partial charge in [0.15, 0.2) is 0 Å². The molecular formula is C15H23NO2. The zero-order valence-electron chi connectivity index (χ0n) is 11.5. The smallest absolute Gasteiger partial charge is 0.141 e. The third-order valence-electron chi connectivity index (χ3n) is 3.39. The summed E-state index contributed by atoms with van der Waals surface area (Å²) in [5.74, 6) is 0.195. The first kappa shape index (κ1) is 14.6. The number of nitrogens with zero attached hydrogens (tertiary/aromatic N) is 1. The topological polar surface area (TPSA) is 43.7 Å². The molecule has 1 aliphatic heterocycles. The standard InChI is InChI=1S/C15H23NO2/c1-5-11(2)14(10-17)16-9-7-6-8-12(3)15(18)13(16)4/h6,8,17-18H,3,5,7,9-10H2,1-2,4H3/b8-6-,14-11-,15-13+. The Morgan fingerprint density at radius 2 is 2.17 bits per heavy atom. The highest BCUT2D eigenvalue weighted by Gasteiger charge is 2.17. The van der Waals surface area contributed by atoms with Crippen LogP contribution in [0.25, 0.3) is 0 Å². The highest BCUT2D eigenvalue weighted by Crippen LogP contribution is 2.24. The van der Waals surface area contributed by atoms with Gasteiger partial charge in [-0.3, -0.25) is 0 Å². The van der Waals surface area contributed by atoms with Crippen LogP contribution in [0, 0.1) is 0 Å². The van der Waals surface area contributed by atoms with Crippen molar-refractivity contribution in [1.82, 2.24) is 4.90 Å². The van der Waals surface area contributed by atoms with Crippen molar-refractivity contribution in [3.05, 3.63) is 47.0 Å². The van der Waals surface area contributed by atoms with Gasteiger partial charge in [0.05, 0.1) is 12.3 Å². The Bertz CT molecular complexity index is 416. The van der Waals surface area contributed by atoms with E-state index < -0.39 is 0 Å². The summed E-state index contributed by atoms with van der Waals surface area (Å²) in [5.41, 5.74) is 3.38. The molecule has 0 aromatic carbocycles. The molecule has 100 valence electrons. The summed E-state index contributed by atoms with van der Waals surface area (Å²) in [4.78, 5) is 1.99. The van der Waals surface area contributed by atoms with Crippen molar-refractivity contribution in [3.63, 3.8) is 0 Å². The molecule has 0 saturated heterocycles. The van der Waals surface area contributed by atoms with E-state index in [1.165, 1.54) is 0 Å². The third kappa shape index (κ3) is 3.05. The molecule has 0 spiro atoms. The molecule has 0 bridgehead atoms. The Morgan fingerprint density at radius 1 is 1.50 bits per heavy atom. The van der Waals surface area contributed by atoms with E-state index in [0.717, 1.165) is 36.4 Å². The Labute approximate surface area is 109 Å². The number of hydrogen-bond acceptors (Lipinski definition) is 3. The number of allylic oxidation sites excluding steroid dienone is 3. The largest absolute Gasteiger partial charge is 0.506 e. The quantitative estimate of drug-likeness (QED) is 0.806. The van der Waals surface area contributed by atoms with E-state index >= 15 is 0 Å². The Hall–Kier alpha value is -1.48. The number of rotatable bonds is 3. The number of hydrogen-bond donors (Lipinski definition) is 2. The van der Waals surface area contributed by atoms with E-state index in [0.29, 0.717) is 5.57 Å². The molecule has 0 unspecified atom stereocenters. The van der Waals surface area contributed by atoms with Crippen molar-refractivity contribution < 1.29 is 10.2 Å². The molecule has 1 heterocycles. The second kappa shape index (κ2) is 6.45. The molecule has 0 fully saturated rings. The van der Waals surface area contributed by atoms with Gasteiger partial charge in [0.25, 0.3) is 0 Å². The minimum atomic E-state index is -0.0134. The van der Waals surface area contributed by atoms with Gasteiger partial charge >= 0.3 is 0 Å². The van der Waals surface area contributed by atoms with E-state index in [9.17, 15) is 10.2 Å². The van der Waals surface area contributed by atoms with Crippen LogP contribution < -0.4 is 0 Å². The van der Waals surface area contributed by atoms with E-state index in [1.54, 1.807) is 0 Å². The first-order valence-electron chi connectivity index (χ1n) is 6.35. The molecule has 0 amide bonds. The summed E-state index contributed by atoms with van der Waals surface area (Å²) in [6.45, 7) is 10.5. The van der Waals surface area contributed by atoms with Gasteiger partial charge < -0.3 is 15.1 Å². The lowest BCUT2D eigenvalue weighted by Crippen LogP contribution is -2.27. The minimum Gasteiger partial charge on any atom is -0.506 e. The van der Waals surface area contributed by atoms with Crippen LogP contribution in [0.15, 0.2) is 47.0 Å². The van der Waals surface area contributed by atoms with Gasteiger partial charge in [0.1, 0.15) is 5.76 Å². The van der Waals surface area contributed by atoms with Gasteiger partial charge in [0, 0.05) is 17.8 Å². The lowest BCUT2D eigenvalue weighted by molar-refractivity contribution is 0.267. The summed E-state index contributed by atoms with van der Waals surface area (Å²) in [5, 5.41) is 19.7. The first-order chi connectivity index (χ1) is 8.52. The molecular weight excluding hydrogens is 226 g/mol. The van der Waals surface area contributed by atoms with Crippen LogP contribution in [0.3, 0.4) is 0 Å². The Balaban J connectivity index is 3.22. The fourth-order valence-electron chi connectivity index (χ4n) is 2.03. The second-order valence-corrected chi connectivity index (χ2v) is 4.54. The Morgan fingerprint density at radius 3 is 2.72 bits per heavy atom. The van der Waals surface area contributed by atoms with Crippen molar-refractivity contribution >= 4 is 0 Å². The van der Waals surface area contributed by atoms with Crippen LogP contribution in [-0.2, 0) is 0 Å². The molecule has 0 aromatic heterocycles. The third-order valence-corrected chi connectivity index (χ3v) is 3.39. The SMILES string of the molecule is C=C1/C=C\CCN(/C(CO)=C(/C)CC)/C(C)=C\1O. The predicted molar refractivity (Wildman–Crippen MR) is 75.0 cm³/mol. The highest BCUT2D eigenvalue weighted by molar-refractivity contribution is 5.37. The highest BCUT2D eigenvalue weighted by atomic mass is 16.3. The van der Waals surface area contributed by atoms with E-state index in [4.69, 9.17) is 0 Å². The summed E-state index contributed by atoms with van der Waals surface area (Å²) in [6.07, 6.45) is 5.58. The monoisotopic (exact) mass is 249 g/mol. The zero-order chi connectivity index (χ0) is 13.7. The Kier molecular flexibility index (Phi) is 5.23. The van der Waals surface area contributed by atoms with Crippen LogP contribution >= 0.6 is 0 Å². The lowest BCUT2D eigenvalue weighted by atomic mass is 10.1. The van der Waals surface area contributed by atoms with Crippen LogP contribution in [0.4, 0.5) is 0 Å². The maximum atomic E-state index is 10.1. The number of aliphatic hydroxyl groups excluding tert-OH is 2. The summed E-state index contributed by atoms with van der Waals surface area (Å²) < 4.78 is 0. The van der Waals surface area contributed by atoms with E-state index in [-0.39, 0.29) is 12.4 Å². The van der Waals surface area contributed by atoms with Gasteiger partial charge in [-0.15, -0.1) is 0 Å². The van der Waals surface area contributed by atoms with Crippen molar-refractivity contribution in [3.8, 4) is 0 Å². The van der Waals surface area contributed by atoms with Gasteiger partial charge in [-0.25, -0.2) is 0 Å². The fourth-order valence-corrected chi connectivity index (χ4v) is 2.03. The molecule has 3 heteroatoms. The summed E-state index contributed by atoms with van der Waals surface area (Å²) in [7, 11) is 0. The lowest BCUT2D eigenvalue weighted by Gasteiger charge is -2.30. The van der Waals surface area contributed by atoms with Crippen molar-refractivity contribution in [2.45, 2.75) is 33.6 Å². The second-order valence-electron chi connectivity index (χ2n) is 4.54. The summed E-state index contributed by atoms with van der Waals surface area (Å²) in [6, 6.07) is 0. The van der Waals surface area contributed by atoms with Crippen LogP contribution in [0.1, 0.15) is 33.6 Å². The van der Waals surface area contributed by atoms with Crippen LogP contribution in [0.2, 0.25) is 0 Å². The van der Waals surface area contributed by atoms with E-state index in [2.05, 4.69) is 13.5 Å². The normalized spacial score (nSPS) is 24.4. The molecule has 0 aliphatic carbocycles. The van der Waals surface area contributed by atoms with Crippen LogP contribution in [0.5, 0.6) is 0 Å². The van der Waals surface area contributed by atoms with Crippen LogP contribution in [-0.4, -0.2) is 28.3 Å². The predicted octanol–water partition coefficient (Wildman–Crippen LogP) is 3.27. The van der Waals surface area contributed by atoms with E-state index in [1.807, 2.05) is 30.9 Å². The van der Waals surface area contributed by atoms with Crippen molar-refractivity contribution in [2.24, 2.45) is 0 Å². The molecule has 1 aliphatic rings. The molecule has 2 N–H and O–H groups in total. The van der Waals surface area contributed by atoms with Gasteiger partial charge in [-0.1, -0.05) is 31.2 Å². The van der Waals surface area contributed by atoms with Crippen molar-refractivity contribution in [1.29, 1.82) is 0 Å². The number of aliphatic hydroxyl groups is 2. The maximum absolute atomic E-state index is 10.1. The first-order valence-corrected chi connectivity index (χ1v) is 6.35. The van der Waals surface area contributed by atoms with Gasteiger partial charge in [0.2, 0.25) is 0 Å². The molecule has 0 aromatic rings. The average molecular weight is 249 g/mol.